The Morgan fingerprint density at radius 2 is 2.06 bits per heavy atom. The van der Waals surface area contributed by atoms with E-state index < -0.39 is 0 Å². The molecule has 1 aromatic carbocycles. The first kappa shape index (κ1) is 11.4. The second-order valence-electron chi connectivity index (χ2n) is 3.74. The maximum atomic E-state index is 9.68. The normalized spacial score (nSPS) is 12.5. The highest BCUT2D eigenvalue weighted by molar-refractivity contribution is 5.44. The number of aromatic nitrogens is 3. The zero-order chi connectivity index (χ0) is 12.3. The van der Waals surface area contributed by atoms with Crippen molar-refractivity contribution >= 4 is 0 Å². The number of nitrogens with zero attached hydrogens (tertiary/aromatic N) is 2. The van der Waals surface area contributed by atoms with Crippen LogP contribution in [0.25, 0.3) is 0 Å². The third-order valence-electron chi connectivity index (χ3n) is 2.53. The predicted octanol–water partition coefficient (Wildman–Crippen LogP) is 1.07. The Bertz CT molecular complexity index is 464. The summed E-state index contributed by atoms with van der Waals surface area (Å²) in [5.74, 6) is 0.844. The van der Waals surface area contributed by atoms with Crippen LogP contribution in [0.15, 0.2) is 24.5 Å². The van der Waals surface area contributed by atoms with Gasteiger partial charge in [0.1, 0.15) is 23.7 Å². The fourth-order valence-corrected chi connectivity index (χ4v) is 1.65. The maximum Gasteiger partial charge on any atom is 0.138 e. The Morgan fingerprint density at radius 3 is 2.65 bits per heavy atom. The zero-order valence-corrected chi connectivity index (χ0v) is 9.38. The van der Waals surface area contributed by atoms with Gasteiger partial charge in [0.05, 0.1) is 12.1 Å². The summed E-state index contributed by atoms with van der Waals surface area (Å²) in [5, 5.41) is 29.0. The molecule has 90 valence electrons. The second kappa shape index (κ2) is 4.84. The monoisotopic (exact) mass is 234 g/mol. The summed E-state index contributed by atoms with van der Waals surface area (Å²) in [6, 6.07) is 4.49. The van der Waals surface area contributed by atoms with Crippen LogP contribution in [0.1, 0.15) is 24.4 Å². The van der Waals surface area contributed by atoms with Gasteiger partial charge >= 0.3 is 0 Å². The maximum absolute atomic E-state index is 9.68. The van der Waals surface area contributed by atoms with Crippen LogP contribution >= 0.6 is 0 Å². The Labute approximate surface area is 98.3 Å². The lowest BCUT2D eigenvalue weighted by atomic mass is 10.1. The molecule has 17 heavy (non-hydrogen) atoms. The van der Waals surface area contributed by atoms with E-state index in [-0.39, 0.29) is 17.5 Å². The van der Waals surface area contributed by atoms with Gasteiger partial charge in [0, 0.05) is 6.04 Å². The lowest BCUT2D eigenvalue weighted by Crippen LogP contribution is -2.19. The highest BCUT2D eigenvalue weighted by Crippen LogP contribution is 2.32. The fraction of sp³-hybridized carbons (Fsp3) is 0.273. The molecule has 6 nitrogen and oxygen atoms in total. The molecule has 0 spiro atoms. The number of nitrogens with one attached hydrogen (secondary N) is 2. The van der Waals surface area contributed by atoms with Crippen molar-refractivity contribution in [3.63, 3.8) is 0 Å². The number of benzene rings is 1. The van der Waals surface area contributed by atoms with Crippen molar-refractivity contribution in [2.75, 3.05) is 0 Å². The van der Waals surface area contributed by atoms with Crippen molar-refractivity contribution in [3.05, 3.63) is 35.9 Å². The van der Waals surface area contributed by atoms with E-state index in [1.54, 1.807) is 18.2 Å². The summed E-state index contributed by atoms with van der Waals surface area (Å²) in [5.41, 5.74) is 0.479. The van der Waals surface area contributed by atoms with Crippen LogP contribution < -0.4 is 5.32 Å². The standard InChI is InChI=1S/C11H14N4O2/c1-7(12-5-10-13-6-14-15-10)11-8(16)3-2-4-9(11)17/h2-4,6-7,12,16-17H,5H2,1H3,(H,13,14,15). The number of aromatic hydroxyl groups is 2. The molecule has 1 unspecified atom stereocenters. The van der Waals surface area contributed by atoms with E-state index in [0.717, 1.165) is 0 Å². The molecule has 0 amide bonds. The first-order chi connectivity index (χ1) is 8.18. The summed E-state index contributed by atoms with van der Waals surface area (Å²) in [4.78, 5) is 3.97. The van der Waals surface area contributed by atoms with Gasteiger partial charge in [-0.1, -0.05) is 6.07 Å². The van der Waals surface area contributed by atoms with E-state index in [0.29, 0.717) is 17.9 Å². The number of hydrogen-bond donors (Lipinski definition) is 4. The quantitative estimate of drug-likeness (QED) is 0.634. The van der Waals surface area contributed by atoms with E-state index in [2.05, 4.69) is 20.5 Å². The van der Waals surface area contributed by atoms with E-state index in [1.807, 2.05) is 6.92 Å². The Kier molecular flexibility index (Phi) is 3.24. The molecule has 0 aliphatic heterocycles. The summed E-state index contributed by atoms with van der Waals surface area (Å²) in [6.07, 6.45) is 1.43. The average molecular weight is 234 g/mol. The summed E-state index contributed by atoms with van der Waals surface area (Å²) in [6.45, 7) is 2.33. The summed E-state index contributed by atoms with van der Waals surface area (Å²) < 4.78 is 0. The van der Waals surface area contributed by atoms with Gasteiger partial charge in [0.25, 0.3) is 0 Å². The molecule has 1 atom stereocenters. The van der Waals surface area contributed by atoms with Gasteiger partial charge in [-0.2, -0.15) is 5.10 Å². The minimum atomic E-state index is -0.193. The molecule has 0 radical (unpaired) electrons. The minimum absolute atomic E-state index is 0.0718. The van der Waals surface area contributed by atoms with Crippen molar-refractivity contribution < 1.29 is 10.2 Å². The lowest BCUT2D eigenvalue weighted by molar-refractivity contribution is 0.417. The van der Waals surface area contributed by atoms with Gasteiger partial charge in [-0.25, -0.2) is 4.98 Å². The molecule has 0 saturated carbocycles. The number of H-pyrrole nitrogens is 1. The topological polar surface area (TPSA) is 94.1 Å². The summed E-state index contributed by atoms with van der Waals surface area (Å²) >= 11 is 0. The number of phenols is 2. The minimum Gasteiger partial charge on any atom is -0.507 e. The van der Waals surface area contributed by atoms with Gasteiger partial charge < -0.3 is 15.5 Å². The largest absolute Gasteiger partial charge is 0.507 e. The van der Waals surface area contributed by atoms with Crippen molar-refractivity contribution in [2.45, 2.75) is 19.5 Å². The Hall–Kier alpha value is -2.08. The third-order valence-corrected chi connectivity index (χ3v) is 2.53. The second-order valence-corrected chi connectivity index (χ2v) is 3.74. The van der Waals surface area contributed by atoms with E-state index in [4.69, 9.17) is 0 Å². The van der Waals surface area contributed by atoms with Crippen LogP contribution in [0.4, 0.5) is 0 Å². The van der Waals surface area contributed by atoms with Crippen molar-refractivity contribution in [1.82, 2.24) is 20.5 Å². The average Bonchev–Trinajstić information content (AvgIpc) is 2.79. The van der Waals surface area contributed by atoms with Gasteiger partial charge in [-0.3, -0.25) is 5.10 Å². The van der Waals surface area contributed by atoms with E-state index in [1.165, 1.54) is 6.33 Å². The molecule has 1 aromatic heterocycles. The highest BCUT2D eigenvalue weighted by atomic mass is 16.3. The van der Waals surface area contributed by atoms with Crippen molar-refractivity contribution in [1.29, 1.82) is 0 Å². The number of rotatable bonds is 4. The molecule has 6 heteroatoms. The molecular formula is C11H14N4O2. The molecule has 2 rings (SSSR count). The molecule has 0 aliphatic carbocycles. The van der Waals surface area contributed by atoms with Gasteiger partial charge in [-0.15, -0.1) is 0 Å². The van der Waals surface area contributed by atoms with Crippen molar-refractivity contribution in [2.24, 2.45) is 0 Å². The number of phenolic OH excluding ortho intramolecular Hbond substituents is 2. The molecule has 0 bridgehead atoms. The zero-order valence-electron chi connectivity index (χ0n) is 9.38. The lowest BCUT2D eigenvalue weighted by Gasteiger charge is -2.15. The summed E-state index contributed by atoms with van der Waals surface area (Å²) in [7, 11) is 0. The van der Waals surface area contributed by atoms with Crippen LogP contribution in [0, 0.1) is 0 Å². The smallest absolute Gasteiger partial charge is 0.138 e. The first-order valence-corrected chi connectivity index (χ1v) is 5.27. The molecule has 1 heterocycles. The van der Waals surface area contributed by atoms with Crippen LogP contribution in [0.5, 0.6) is 11.5 Å². The SMILES string of the molecule is CC(NCc1ncn[nH]1)c1c(O)cccc1O. The van der Waals surface area contributed by atoms with E-state index in [9.17, 15) is 10.2 Å². The van der Waals surface area contributed by atoms with E-state index >= 15 is 0 Å². The molecule has 0 saturated heterocycles. The molecule has 4 N–H and O–H groups in total. The van der Waals surface area contributed by atoms with Crippen molar-refractivity contribution in [3.8, 4) is 11.5 Å². The van der Waals surface area contributed by atoms with Gasteiger partial charge in [0.15, 0.2) is 0 Å². The molecule has 0 fully saturated rings. The van der Waals surface area contributed by atoms with Crippen LogP contribution in [-0.2, 0) is 6.54 Å². The fourth-order valence-electron chi connectivity index (χ4n) is 1.65. The molecule has 0 aliphatic rings. The molecular weight excluding hydrogens is 220 g/mol. The molecule has 2 aromatic rings. The Balaban J connectivity index is 2.07. The predicted molar refractivity (Wildman–Crippen MR) is 61.4 cm³/mol. The van der Waals surface area contributed by atoms with Crippen LogP contribution in [-0.4, -0.2) is 25.4 Å². The third kappa shape index (κ3) is 2.54. The number of aromatic amines is 1. The number of hydrogen-bond acceptors (Lipinski definition) is 5. The Morgan fingerprint density at radius 1 is 1.35 bits per heavy atom. The first-order valence-electron chi connectivity index (χ1n) is 5.27. The highest BCUT2D eigenvalue weighted by Gasteiger charge is 2.14. The van der Waals surface area contributed by atoms with Crippen LogP contribution in [0.2, 0.25) is 0 Å². The van der Waals surface area contributed by atoms with Crippen LogP contribution in [0.3, 0.4) is 0 Å². The van der Waals surface area contributed by atoms with Gasteiger partial charge in [-0.05, 0) is 19.1 Å². The van der Waals surface area contributed by atoms with Gasteiger partial charge in [0.2, 0.25) is 0 Å².